The molecule has 0 aliphatic carbocycles. The summed E-state index contributed by atoms with van der Waals surface area (Å²) in [6.45, 7) is 2.15. The van der Waals surface area contributed by atoms with Crippen LogP contribution in [0.5, 0.6) is 0 Å². The Morgan fingerprint density at radius 2 is 1.68 bits per heavy atom. The molecule has 0 heterocycles. The average molecular weight is 280 g/mol. The van der Waals surface area contributed by atoms with Crippen LogP contribution in [0.1, 0.15) is 12.5 Å². The molecule has 1 atom stereocenters. The number of rotatable bonds is 4. The molecule has 1 unspecified atom stereocenters. The minimum atomic E-state index is -0.193. The van der Waals surface area contributed by atoms with Gasteiger partial charge in [0.05, 0.1) is 0 Å². The number of likely N-dealkylation sites (N-methyl/N-ethyl adjacent to an activating group) is 1. The van der Waals surface area contributed by atoms with Crippen molar-refractivity contribution in [3.8, 4) is 11.1 Å². The Morgan fingerprint density at radius 1 is 1.05 bits per heavy atom. The van der Waals surface area contributed by atoms with Gasteiger partial charge >= 0.3 is 0 Å². The number of hydrogen-bond donors (Lipinski definition) is 1. The largest absolute Gasteiger partial charge is 0.317 e. The molecule has 0 radical (unpaired) electrons. The summed E-state index contributed by atoms with van der Waals surface area (Å²) in [4.78, 5) is 0. The second-order valence-electron chi connectivity index (χ2n) is 4.60. The van der Waals surface area contributed by atoms with Gasteiger partial charge in [-0.1, -0.05) is 36.4 Å². The first-order chi connectivity index (χ1) is 8.69. The summed E-state index contributed by atoms with van der Waals surface area (Å²) < 4.78 is 13.2. The van der Waals surface area contributed by atoms with E-state index >= 15 is 0 Å². The minimum absolute atomic E-state index is 0. The molecular weight excluding hydrogens is 261 g/mol. The zero-order valence-corrected chi connectivity index (χ0v) is 12.0. The third-order valence-corrected chi connectivity index (χ3v) is 3.12. The zero-order chi connectivity index (χ0) is 13.0. The maximum atomic E-state index is 13.2. The normalized spacial score (nSPS) is 11.7. The van der Waals surface area contributed by atoms with E-state index in [1.165, 1.54) is 11.6 Å². The molecule has 2 aromatic rings. The van der Waals surface area contributed by atoms with Gasteiger partial charge in [-0.15, -0.1) is 12.4 Å². The van der Waals surface area contributed by atoms with Crippen molar-refractivity contribution in [3.63, 3.8) is 0 Å². The molecule has 1 N–H and O–H groups in total. The van der Waals surface area contributed by atoms with Crippen LogP contribution in [0.25, 0.3) is 11.1 Å². The monoisotopic (exact) mass is 279 g/mol. The van der Waals surface area contributed by atoms with Crippen LogP contribution in [-0.2, 0) is 6.42 Å². The maximum absolute atomic E-state index is 13.2. The topological polar surface area (TPSA) is 12.0 Å². The number of benzene rings is 2. The van der Waals surface area contributed by atoms with Gasteiger partial charge in [-0.2, -0.15) is 0 Å². The molecule has 0 saturated heterocycles. The predicted molar refractivity (Wildman–Crippen MR) is 81.3 cm³/mol. The van der Waals surface area contributed by atoms with E-state index in [-0.39, 0.29) is 18.2 Å². The van der Waals surface area contributed by atoms with Gasteiger partial charge in [-0.25, -0.2) is 4.39 Å². The first-order valence-electron chi connectivity index (χ1n) is 6.21. The van der Waals surface area contributed by atoms with Gasteiger partial charge in [0.2, 0.25) is 0 Å². The zero-order valence-electron chi connectivity index (χ0n) is 11.2. The Balaban J connectivity index is 0.00000180. The SMILES string of the molecule is CNC(C)Cc1cccc(-c2cccc(F)c2)c1.Cl. The lowest BCUT2D eigenvalue weighted by Gasteiger charge is -2.11. The lowest BCUT2D eigenvalue weighted by molar-refractivity contribution is 0.608. The van der Waals surface area contributed by atoms with Gasteiger partial charge < -0.3 is 5.32 Å². The van der Waals surface area contributed by atoms with Gasteiger partial charge in [-0.3, -0.25) is 0 Å². The lowest BCUT2D eigenvalue weighted by atomic mass is 10.00. The Bertz CT molecular complexity index is 528. The first-order valence-corrected chi connectivity index (χ1v) is 6.21. The van der Waals surface area contributed by atoms with Gasteiger partial charge in [-0.05, 0) is 49.2 Å². The summed E-state index contributed by atoms with van der Waals surface area (Å²) >= 11 is 0. The molecule has 3 heteroatoms. The van der Waals surface area contributed by atoms with Crippen molar-refractivity contribution in [1.29, 1.82) is 0 Å². The van der Waals surface area contributed by atoms with Crippen molar-refractivity contribution in [3.05, 3.63) is 59.9 Å². The highest BCUT2D eigenvalue weighted by molar-refractivity contribution is 5.85. The summed E-state index contributed by atoms with van der Waals surface area (Å²) in [7, 11) is 1.96. The van der Waals surface area contributed by atoms with Gasteiger partial charge in [0.15, 0.2) is 0 Å². The first kappa shape index (κ1) is 15.7. The minimum Gasteiger partial charge on any atom is -0.317 e. The van der Waals surface area contributed by atoms with Crippen LogP contribution in [0.15, 0.2) is 48.5 Å². The van der Waals surface area contributed by atoms with E-state index in [1.807, 2.05) is 25.2 Å². The summed E-state index contributed by atoms with van der Waals surface area (Å²) in [5.41, 5.74) is 3.25. The summed E-state index contributed by atoms with van der Waals surface area (Å²) in [6, 6.07) is 15.4. The molecule has 0 aliphatic heterocycles. The second-order valence-corrected chi connectivity index (χ2v) is 4.60. The fraction of sp³-hybridized carbons (Fsp3) is 0.250. The molecule has 0 bridgehead atoms. The van der Waals surface area contributed by atoms with Crippen LogP contribution < -0.4 is 5.32 Å². The Morgan fingerprint density at radius 3 is 2.32 bits per heavy atom. The highest BCUT2D eigenvalue weighted by Gasteiger charge is 2.03. The molecule has 0 spiro atoms. The van der Waals surface area contributed by atoms with Crippen molar-refractivity contribution in [2.75, 3.05) is 7.05 Å². The van der Waals surface area contributed by atoms with E-state index in [1.54, 1.807) is 12.1 Å². The molecular formula is C16H19ClFN. The lowest BCUT2D eigenvalue weighted by Crippen LogP contribution is -2.23. The van der Waals surface area contributed by atoms with E-state index < -0.39 is 0 Å². The summed E-state index contributed by atoms with van der Waals surface area (Å²) in [6.07, 6.45) is 0.972. The van der Waals surface area contributed by atoms with Crippen LogP contribution >= 0.6 is 12.4 Å². The van der Waals surface area contributed by atoms with Gasteiger partial charge in [0.1, 0.15) is 5.82 Å². The molecule has 0 fully saturated rings. The third-order valence-electron chi connectivity index (χ3n) is 3.12. The van der Waals surface area contributed by atoms with Crippen molar-refractivity contribution < 1.29 is 4.39 Å². The second kappa shape index (κ2) is 7.27. The molecule has 0 aromatic heterocycles. The molecule has 0 aliphatic rings. The molecule has 2 rings (SSSR count). The van der Waals surface area contributed by atoms with Crippen LogP contribution in [0.4, 0.5) is 4.39 Å². The van der Waals surface area contributed by atoms with E-state index in [0.29, 0.717) is 6.04 Å². The summed E-state index contributed by atoms with van der Waals surface area (Å²) in [5.74, 6) is -0.193. The molecule has 0 saturated carbocycles. The van der Waals surface area contributed by atoms with Gasteiger partial charge in [0, 0.05) is 6.04 Å². The van der Waals surface area contributed by atoms with Crippen molar-refractivity contribution in [2.24, 2.45) is 0 Å². The van der Waals surface area contributed by atoms with Crippen LogP contribution in [-0.4, -0.2) is 13.1 Å². The van der Waals surface area contributed by atoms with E-state index in [2.05, 4.69) is 24.4 Å². The highest BCUT2D eigenvalue weighted by Crippen LogP contribution is 2.21. The third kappa shape index (κ3) is 4.34. The molecule has 19 heavy (non-hydrogen) atoms. The van der Waals surface area contributed by atoms with Crippen molar-refractivity contribution in [1.82, 2.24) is 5.32 Å². The predicted octanol–water partition coefficient (Wildman–Crippen LogP) is 4.06. The standard InChI is InChI=1S/C16H18FN.ClH/c1-12(18-2)9-13-5-3-6-14(10-13)15-7-4-8-16(17)11-15;/h3-8,10-12,18H,9H2,1-2H3;1H. The quantitative estimate of drug-likeness (QED) is 0.890. The van der Waals surface area contributed by atoms with Crippen molar-refractivity contribution in [2.45, 2.75) is 19.4 Å². The van der Waals surface area contributed by atoms with E-state index in [9.17, 15) is 4.39 Å². The highest BCUT2D eigenvalue weighted by atomic mass is 35.5. The molecule has 0 amide bonds. The number of nitrogens with one attached hydrogen (secondary N) is 1. The number of hydrogen-bond acceptors (Lipinski definition) is 1. The van der Waals surface area contributed by atoms with Crippen molar-refractivity contribution >= 4 is 12.4 Å². The van der Waals surface area contributed by atoms with Crippen LogP contribution in [0.2, 0.25) is 0 Å². The Kier molecular flexibility index (Phi) is 6.00. The average Bonchev–Trinajstić information content (AvgIpc) is 2.39. The Hall–Kier alpha value is -1.38. The van der Waals surface area contributed by atoms with Crippen LogP contribution in [0, 0.1) is 5.82 Å². The smallest absolute Gasteiger partial charge is 0.123 e. The van der Waals surface area contributed by atoms with Gasteiger partial charge in [0.25, 0.3) is 0 Å². The fourth-order valence-corrected chi connectivity index (χ4v) is 2.00. The van der Waals surface area contributed by atoms with E-state index in [0.717, 1.165) is 17.5 Å². The van der Waals surface area contributed by atoms with E-state index in [4.69, 9.17) is 0 Å². The fourth-order valence-electron chi connectivity index (χ4n) is 2.00. The molecule has 102 valence electrons. The maximum Gasteiger partial charge on any atom is 0.123 e. The molecule has 2 aromatic carbocycles. The molecule has 1 nitrogen and oxygen atoms in total. The Labute approximate surface area is 120 Å². The number of halogens is 2. The summed E-state index contributed by atoms with van der Waals surface area (Å²) in [5, 5.41) is 3.22. The van der Waals surface area contributed by atoms with Crippen LogP contribution in [0.3, 0.4) is 0 Å².